The van der Waals surface area contributed by atoms with Crippen LogP contribution in [0.5, 0.6) is 5.75 Å². The fourth-order valence-corrected chi connectivity index (χ4v) is 3.20. The number of nitrogens with zero attached hydrogens (tertiary/aromatic N) is 1. The number of hydrogen-bond acceptors (Lipinski definition) is 4. The number of thiazole rings is 1. The van der Waals surface area contributed by atoms with Crippen molar-refractivity contribution in [3.63, 3.8) is 0 Å². The van der Waals surface area contributed by atoms with Crippen LogP contribution in [0.4, 0.5) is 0 Å². The van der Waals surface area contributed by atoms with Crippen molar-refractivity contribution in [2.24, 2.45) is 0 Å². The van der Waals surface area contributed by atoms with Crippen LogP contribution < -0.4 is 4.74 Å². The van der Waals surface area contributed by atoms with E-state index in [4.69, 9.17) is 4.74 Å². The van der Waals surface area contributed by atoms with Gasteiger partial charge >= 0.3 is 0 Å². The summed E-state index contributed by atoms with van der Waals surface area (Å²) in [6.07, 6.45) is 0.728. The van der Waals surface area contributed by atoms with Crippen LogP contribution in [0.1, 0.15) is 35.0 Å². The smallest absolute Gasteiger partial charge is 0.122 e. The van der Waals surface area contributed by atoms with Crippen molar-refractivity contribution in [3.8, 4) is 5.75 Å². The van der Waals surface area contributed by atoms with Crippen LogP contribution in [0.2, 0.25) is 0 Å². The van der Waals surface area contributed by atoms with Gasteiger partial charge in [0.25, 0.3) is 0 Å². The van der Waals surface area contributed by atoms with Crippen LogP contribution >= 0.6 is 11.3 Å². The van der Waals surface area contributed by atoms with Crippen molar-refractivity contribution in [2.45, 2.75) is 32.8 Å². The lowest BCUT2D eigenvalue weighted by Gasteiger charge is -2.15. The van der Waals surface area contributed by atoms with Gasteiger partial charge in [0.15, 0.2) is 0 Å². The summed E-state index contributed by atoms with van der Waals surface area (Å²) in [5.74, 6) is 0.875. The summed E-state index contributed by atoms with van der Waals surface area (Å²) < 4.78 is 5.35. The van der Waals surface area contributed by atoms with Gasteiger partial charge in [-0.05, 0) is 26.8 Å². The van der Waals surface area contributed by atoms with E-state index < -0.39 is 5.60 Å². The summed E-state index contributed by atoms with van der Waals surface area (Å²) in [4.78, 5) is 5.48. The van der Waals surface area contributed by atoms with E-state index in [1.807, 2.05) is 31.2 Å². The average molecular weight is 277 g/mol. The number of para-hydroxylation sites is 1. The number of aromatic nitrogens is 1. The number of aryl methyl sites for hydroxylation is 1. The first-order valence-electron chi connectivity index (χ1n) is 6.23. The van der Waals surface area contributed by atoms with E-state index in [-0.39, 0.29) is 0 Å². The normalized spacial score (nSPS) is 11.6. The Labute approximate surface area is 117 Å². The molecule has 0 aliphatic rings. The second-order valence-corrected chi connectivity index (χ2v) is 6.15. The van der Waals surface area contributed by atoms with Crippen molar-refractivity contribution < 1.29 is 9.84 Å². The Bertz CT molecular complexity index is 570. The topological polar surface area (TPSA) is 42.4 Å². The minimum absolute atomic E-state index is 0.728. The Morgan fingerprint density at radius 1 is 1.32 bits per heavy atom. The summed E-state index contributed by atoms with van der Waals surface area (Å²) in [5, 5.41) is 11.1. The van der Waals surface area contributed by atoms with E-state index in [1.54, 1.807) is 32.3 Å². The molecule has 0 atom stereocenters. The van der Waals surface area contributed by atoms with Crippen molar-refractivity contribution in [1.82, 2.24) is 4.98 Å². The van der Waals surface area contributed by atoms with Crippen LogP contribution in [-0.4, -0.2) is 17.2 Å². The Kier molecular flexibility index (Phi) is 3.92. The zero-order valence-corrected chi connectivity index (χ0v) is 12.5. The minimum Gasteiger partial charge on any atom is -0.496 e. The molecule has 4 heteroatoms. The first kappa shape index (κ1) is 14.0. The van der Waals surface area contributed by atoms with E-state index >= 15 is 0 Å². The van der Waals surface area contributed by atoms with Crippen LogP contribution in [-0.2, 0) is 12.0 Å². The molecule has 0 radical (unpaired) electrons. The molecule has 19 heavy (non-hydrogen) atoms. The lowest BCUT2D eigenvalue weighted by Crippen LogP contribution is -2.14. The predicted molar refractivity (Wildman–Crippen MR) is 77.9 cm³/mol. The Morgan fingerprint density at radius 2 is 2.00 bits per heavy atom. The van der Waals surface area contributed by atoms with Gasteiger partial charge in [0.2, 0.25) is 0 Å². The molecule has 0 saturated carbocycles. The zero-order chi connectivity index (χ0) is 14.0. The molecule has 1 aromatic carbocycles. The fraction of sp³-hybridized carbons (Fsp3) is 0.400. The van der Waals surface area contributed by atoms with Crippen LogP contribution in [0, 0.1) is 6.92 Å². The summed E-state index contributed by atoms with van der Waals surface area (Å²) in [6, 6.07) is 7.94. The molecule has 2 aromatic rings. The molecule has 1 aromatic heterocycles. The Hall–Kier alpha value is -1.39. The van der Waals surface area contributed by atoms with Gasteiger partial charge in [-0.15, -0.1) is 11.3 Å². The highest BCUT2D eigenvalue weighted by Crippen LogP contribution is 2.31. The molecule has 0 unspecified atom stereocenters. The summed E-state index contributed by atoms with van der Waals surface area (Å²) in [5.41, 5.74) is 1.18. The molecule has 0 spiro atoms. The van der Waals surface area contributed by atoms with Gasteiger partial charge in [0.05, 0.1) is 28.3 Å². The molecule has 3 nitrogen and oxygen atoms in total. The van der Waals surface area contributed by atoms with Crippen LogP contribution in [0.3, 0.4) is 0 Å². The maximum atomic E-state index is 10.1. The van der Waals surface area contributed by atoms with Gasteiger partial charge in [-0.3, -0.25) is 0 Å². The lowest BCUT2D eigenvalue weighted by atomic mass is 10.1. The first-order chi connectivity index (χ1) is 8.91. The second kappa shape index (κ2) is 5.31. The minimum atomic E-state index is -0.833. The molecule has 0 aliphatic carbocycles. The molecule has 0 saturated heterocycles. The third kappa shape index (κ3) is 3.14. The average Bonchev–Trinajstić information content (AvgIpc) is 2.71. The van der Waals surface area contributed by atoms with E-state index in [9.17, 15) is 5.11 Å². The Balaban J connectivity index is 2.30. The van der Waals surface area contributed by atoms with Crippen molar-refractivity contribution >= 4 is 11.3 Å². The highest BCUT2D eigenvalue weighted by Gasteiger charge is 2.23. The molecule has 0 aliphatic heterocycles. The maximum Gasteiger partial charge on any atom is 0.122 e. The summed E-state index contributed by atoms with van der Waals surface area (Å²) in [7, 11) is 1.67. The molecule has 2 rings (SSSR count). The summed E-state index contributed by atoms with van der Waals surface area (Å²) >= 11 is 1.56. The quantitative estimate of drug-likeness (QED) is 0.932. The van der Waals surface area contributed by atoms with E-state index in [2.05, 4.69) is 4.98 Å². The SMILES string of the molecule is COc1ccccc1Cc1nc(C)c(C(C)(C)O)s1. The van der Waals surface area contributed by atoms with Gasteiger partial charge in [-0.25, -0.2) is 4.98 Å². The molecule has 0 fully saturated rings. The van der Waals surface area contributed by atoms with E-state index in [1.165, 1.54) is 0 Å². The van der Waals surface area contributed by atoms with Crippen LogP contribution in [0.15, 0.2) is 24.3 Å². The van der Waals surface area contributed by atoms with E-state index in [0.29, 0.717) is 0 Å². The lowest BCUT2D eigenvalue weighted by molar-refractivity contribution is 0.0817. The van der Waals surface area contributed by atoms with Gasteiger partial charge < -0.3 is 9.84 Å². The molecule has 1 heterocycles. The number of rotatable bonds is 4. The molecule has 102 valence electrons. The predicted octanol–water partition coefficient (Wildman–Crippen LogP) is 3.28. The van der Waals surface area contributed by atoms with E-state index in [0.717, 1.165) is 33.3 Å². The molecule has 1 N–H and O–H groups in total. The van der Waals surface area contributed by atoms with Gasteiger partial charge in [-0.2, -0.15) is 0 Å². The standard InChI is InChI=1S/C15H19NO2S/c1-10-14(15(2,3)17)19-13(16-10)9-11-7-5-6-8-12(11)18-4/h5-8,17H,9H2,1-4H3. The monoisotopic (exact) mass is 277 g/mol. The number of benzene rings is 1. The number of aliphatic hydroxyl groups is 1. The van der Waals surface area contributed by atoms with Crippen molar-refractivity contribution in [2.75, 3.05) is 7.11 Å². The number of ether oxygens (including phenoxy) is 1. The van der Waals surface area contributed by atoms with Gasteiger partial charge in [0.1, 0.15) is 5.75 Å². The number of hydrogen-bond donors (Lipinski definition) is 1. The zero-order valence-electron chi connectivity index (χ0n) is 11.7. The van der Waals surface area contributed by atoms with Crippen LogP contribution in [0.25, 0.3) is 0 Å². The van der Waals surface area contributed by atoms with Crippen molar-refractivity contribution in [3.05, 3.63) is 45.4 Å². The highest BCUT2D eigenvalue weighted by molar-refractivity contribution is 7.11. The Morgan fingerprint density at radius 3 is 2.58 bits per heavy atom. The molecular formula is C15H19NO2S. The van der Waals surface area contributed by atoms with Gasteiger partial charge in [0, 0.05) is 12.0 Å². The third-order valence-corrected chi connectivity index (χ3v) is 4.40. The third-order valence-electron chi connectivity index (χ3n) is 2.93. The summed E-state index contributed by atoms with van der Waals surface area (Å²) in [6.45, 7) is 5.52. The van der Waals surface area contributed by atoms with Crippen molar-refractivity contribution in [1.29, 1.82) is 0 Å². The first-order valence-corrected chi connectivity index (χ1v) is 7.04. The molecule has 0 amide bonds. The molecule has 0 bridgehead atoms. The highest BCUT2D eigenvalue weighted by atomic mass is 32.1. The number of methoxy groups -OCH3 is 1. The maximum absolute atomic E-state index is 10.1. The second-order valence-electron chi connectivity index (χ2n) is 5.07. The molecular weight excluding hydrogens is 258 g/mol. The van der Waals surface area contributed by atoms with Gasteiger partial charge in [-0.1, -0.05) is 18.2 Å². The largest absolute Gasteiger partial charge is 0.496 e. The fourth-order valence-electron chi connectivity index (χ4n) is 2.11.